The molecule has 0 saturated heterocycles. The molecule has 0 N–H and O–H groups in total. The van der Waals surface area contributed by atoms with Gasteiger partial charge >= 0.3 is 6.47 Å². The van der Waals surface area contributed by atoms with E-state index in [0.717, 1.165) is 5.56 Å². The van der Waals surface area contributed by atoms with E-state index in [1.54, 1.807) is 46.3 Å². The summed E-state index contributed by atoms with van der Waals surface area (Å²) in [6, 6.07) is 5.32. The fourth-order valence-electron chi connectivity index (χ4n) is 1.44. The summed E-state index contributed by atoms with van der Waals surface area (Å²) in [4.78, 5) is 10.3. The van der Waals surface area contributed by atoms with Crippen molar-refractivity contribution in [2.24, 2.45) is 0 Å². The van der Waals surface area contributed by atoms with Crippen molar-refractivity contribution >= 4 is 6.47 Å². The molecule has 1 radical (unpaired) electrons. The smallest absolute Gasteiger partial charge is 0.418 e. The van der Waals surface area contributed by atoms with E-state index in [-0.39, 0.29) is 0 Å². The third-order valence-corrected chi connectivity index (χ3v) is 2.35. The number of ether oxygens (including phenoxy) is 3. The molecule has 0 fully saturated rings. The summed E-state index contributed by atoms with van der Waals surface area (Å²) in [7, 11) is 3.14. The maximum absolute atomic E-state index is 10.3. The van der Waals surface area contributed by atoms with Crippen molar-refractivity contribution in [1.82, 2.24) is 0 Å². The Morgan fingerprint density at radius 3 is 2.38 bits per heavy atom. The van der Waals surface area contributed by atoms with Crippen molar-refractivity contribution < 1.29 is 19.0 Å². The molecule has 4 heteroatoms. The summed E-state index contributed by atoms with van der Waals surface area (Å²) in [5, 5.41) is 0. The molecule has 0 heterocycles. The highest BCUT2D eigenvalue weighted by Gasteiger charge is 2.26. The van der Waals surface area contributed by atoms with Gasteiger partial charge in [-0.25, -0.2) is 4.79 Å². The SMILES string of the molecule is COc1ccc(OC)c(C(C)(C)O[C]=O)c1. The average Bonchev–Trinajstić information content (AvgIpc) is 2.28. The molecule has 0 amide bonds. The molecule has 87 valence electrons. The van der Waals surface area contributed by atoms with Crippen LogP contribution in [0.2, 0.25) is 0 Å². The first-order valence-corrected chi connectivity index (χ1v) is 4.83. The van der Waals surface area contributed by atoms with E-state index in [1.807, 2.05) is 0 Å². The Hall–Kier alpha value is -1.71. The molecule has 1 rings (SSSR count). The van der Waals surface area contributed by atoms with E-state index in [2.05, 4.69) is 0 Å². The van der Waals surface area contributed by atoms with Gasteiger partial charge in [0.25, 0.3) is 0 Å². The van der Waals surface area contributed by atoms with Gasteiger partial charge in [0.05, 0.1) is 14.2 Å². The highest BCUT2D eigenvalue weighted by atomic mass is 16.5. The number of rotatable bonds is 5. The maximum atomic E-state index is 10.3. The van der Waals surface area contributed by atoms with E-state index in [4.69, 9.17) is 14.2 Å². The topological polar surface area (TPSA) is 44.8 Å². The predicted octanol–water partition coefficient (Wildman–Crippen LogP) is 2.02. The zero-order valence-electron chi connectivity index (χ0n) is 9.87. The zero-order valence-corrected chi connectivity index (χ0v) is 9.87. The molecule has 0 aliphatic carbocycles. The highest BCUT2D eigenvalue weighted by Crippen LogP contribution is 2.34. The van der Waals surface area contributed by atoms with Crippen LogP contribution in [0.1, 0.15) is 19.4 Å². The van der Waals surface area contributed by atoms with Crippen molar-refractivity contribution in [1.29, 1.82) is 0 Å². The number of carbonyl (C=O) groups excluding carboxylic acids is 1. The molecule has 4 nitrogen and oxygen atoms in total. The Kier molecular flexibility index (Phi) is 3.77. The van der Waals surface area contributed by atoms with Crippen LogP contribution in [0, 0.1) is 0 Å². The number of hydrogen-bond acceptors (Lipinski definition) is 4. The monoisotopic (exact) mass is 223 g/mol. The van der Waals surface area contributed by atoms with Crippen LogP contribution in [0.3, 0.4) is 0 Å². The lowest BCUT2D eigenvalue weighted by atomic mass is 9.96. The molecule has 0 spiro atoms. The Balaban J connectivity index is 3.22. The molecule has 0 bridgehead atoms. The van der Waals surface area contributed by atoms with E-state index < -0.39 is 5.60 Å². The third-order valence-electron chi connectivity index (χ3n) is 2.35. The summed E-state index contributed by atoms with van der Waals surface area (Å²) in [6.45, 7) is 4.97. The van der Waals surface area contributed by atoms with Gasteiger partial charge in [0.15, 0.2) is 0 Å². The summed E-state index contributed by atoms with van der Waals surface area (Å²) >= 11 is 0. The van der Waals surface area contributed by atoms with Gasteiger partial charge < -0.3 is 14.2 Å². The molecular weight excluding hydrogens is 208 g/mol. The largest absolute Gasteiger partial charge is 0.497 e. The van der Waals surface area contributed by atoms with Gasteiger partial charge in [-0.2, -0.15) is 0 Å². The molecule has 0 aromatic heterocycles. The quantitative estimate of drug-likeness (QED) is 0.766. The van der Waals surface area contributed by atoms with Crippen molar-refractivity contribution in [2.45, 2.75) is 19.4 Å². The zero-order chi connectivity index (χ0) is 12.2. The Morgan fingerprint density at radius 2 is 1.88 bits per heavy atom. The Labute approximate surface area is 95.1 Å². The van der Waals surface area contributed by atoms with E-state index >= 15 is 0 Å². The molecule has 1 aromatic carbocycles. The number of hydrogen-bond donors (Lipinski definition) is 0. The summed E-state index contributed by atoms with van der Waals surface area (Å²) in [5.74, 6) is 1.32. The molecule has 0 aliphatic heterocycles. The van der Waals surface area contributed by atoms with E-state index in [1.165, 1.54) is 6.47 Å². The summed E-state index contributed by atoms with van der Waals surface area (Å²) in [5.41, 5.74) is -0.0700. The Morgan fingerprint density at radius 1 is 1.19 bits per heavy atom. The molecule has 16 heavy (non-hydrogen) atoms. The normalized spacial score (nSPS) is 10.8. The van der Waals surface area contributed by atoms with Crippen LogP contribution in [0.5, 0.6) is 11.5 Å². The number of benzene rings is 1. The minimum absolute atomic E-state index is 0.640. The maximum Gasteiger partial charge on any atom is 0.418 e. The van der Waals surface area contributed by atoms with Gasteiger partial charge in [0.1, 0.15) is 17.1 Å². The van der Waals surface area contributed by atoms with Crippen LogP contribution in [0.25, 0.3) is 0 Å². The van der Waals surface area contributed by atoms with Crippen LogP contribution in [-0.4, -0.2) is 20.7 Å². The van der Waals surface area contributed by atoms with Crippen molar-refractivity contribution in [2.75, 3.05) is 14.2 Å². The first-order chi connectivity index (χ1) is 7.55. The highest BCUT2D eigenvalue weighted by molar-refractivity contribution is 5.47. The van der Waals surface area contributed by atoms with Gasteiger partial charge in [-0.15, -0.1) is 0 Å². The summed E-state index contributed by atoms with van der Waals surface area (Å²) < 4.78 is 15.2. The lowest BCUT2D eigenvalue weighted by Gasteiger charge is -2.24. The first kappa shape index (κ1) is 12.4. The molecule has 1 aromatic rings. The predicted molar refractivity (Wildman–Crippen MR) is 59.4 cm³/mol. The minimum Gasteiger partial charge on any atom is -0.497 e. The third kappa shape index (κ3) is 2.45. The van der Waals surface area contributed by atoms with Crippen molar-refractivity contribution in [3.05, 3.63) is 23.8 Å². The van der Waals surface area contributed by atoms with E-state index in [9.17, 15) is 4.79 Å². The standard InChI is InChI=1S/C12H15O4/c1-12(2,16-8-13)10-7-9(14-3)5-6-11(10)15-4/h5-7H,1-4H3. The van der Waals surface area contributed by atoms with Gasteiger partial charge in [-0.3, -0.25) is 0 Å². The molecular formula is C12H15O4. The van der Waals surface area contributed by atoms with Gasteiger partial charge in [-0.1, -0.05) is 0 Å². The minimum atomic E-state index is -0.804. The molecule has 0 unspecified atom stereocenters. The lowest BCUT2D eigenvalue weighted by Crippen LogP contribution is -2.21. The van der Waals surface area contributed by atoms with Crippen molar-refractivity contribution in [3.63, 3.8) is 0 Å². The Bertz CT molecular complexity index is 371. The van der Waals surface area contributed by atoms with Gasteiger partial charge in [0.2, 0.25) is 0 Å². The second-order valence-corrected chi connectivity index (χ2v) is 3.76. The molecule has 0 saturated carbocycles. The first-order valence-electron chi connectivity index (χ1n) is 4.83. The van der Waals surface area contributed by atoms with Gasteiger partial charge in [0, 0.05) is 5.56 Å². The second kappa shape index (κ2) is 4.88. The van der Waals surface area contributed by atoms with Gasteiger partial charge in [-0.05, 0) is 32.0 Å². The molecule has 0 aliphatic rings. The van der Waals surface area contributed by atoms with Crippen LogP contribution >= 0.6 is 0 Å². The average molecular weight is 223 g/mol. The van der Waals surface area contributed by atoms with E-state index in [0.29, 0.717) is 11.5 Å². The van der Waals surface area contributed by atoms with Crippen molar-refractivity contribution in [3.8, 4) is 11.5 Å². The van der Waals surface area contributed by atoms with Crippen LogP contribution < -0.4 is 9.47 Å². The van der Waals surface area contributed by atoms with Crippen LogP contribution in [-0.2, 0) is 15.1 Å². The fraction of sp³-hybridized carbons (Fsp3) is 0.417. The fourth-order valence-corrected chi connectivity index (χ4v) is 1.44. The molecule has 0 atom stereocenters. The van der Waals surface area contributed by atoms with Crippen LogP contribution in [0.15, 0.2) is 18.2 Å². The lowest BCUT2D eigenvalue weighted by molar-refractivity contribution is 0.0847. The second-order valence-electron chi connectivity index (χ2n) is 3.76. The van der Waals surface area contributed by atoms with Crippen LogP contribution in [0.4, 0.5) is 0 Å². The number of methoxy groups -OCH3 is 2. The summed E-state index contributed by atoms with van der Waals surface area (Å²) in [6.07, 6.45) is 0.